The van der Waals surface area contributed by atoms with Crippen molar-refractivity contribution in [2.24, 2.45) is 0 Å². The van der Waals surface area contributed by atoms with Crippen molar-refractivity contribution in [1.82, 2.24) is 0 Å². The molecule has 3 heterocycles. The lowest BCUT2D eigenvalue weighted by Gasteiger charge is -2.24. The largest absolute Gasteiger partial charge is 0.455 e. The second-order valence-corrected chi connectivity index (χ2v) is 14.2. The molecule has 2 fully saturated rings. The summed E-state index contributed by atoms with van der Waals surface area (Å²) in [6.07, 6.45) is 22.6. The second kappa shape index (κ2) is 21.8. The van der Waals surface area contributed by atoms with Crippen LogP contribution in [0.4, 0.5) is 0 Å². The minimum Gasteiger partial charge on any atom is -0.455 e. The van der Waals surface area contributed by atoms with Crippen LogP contribution in [0.2, 0.25) is 0 Å². The van der Waals surface area contributed by atoms with Gasteiger partial charge in [-0.15, -0.1) is 0 Å². The van der Waals surface area contributed by atoms with E-state index < -0.39 is 18.3 Å². The molecule has 0 spiro atoms. The van der Waals surface area contributed by atoms with Gasteiger partial charge in [-0.1, -0.05) is 90.4 Å². The summed E-state index contributed by atoms with van der Waals surface area (Å²) in [4.78, 5) is 11.7. The van der Waals surface area contributed by atoms with Gasteiger partial charge in [0, 0.05) is 12.0 Å². The summed E-state index contributed by atoms with van der Waals surface area (Å²) in [5.74, 6) is -0.285. The van der Waals surface area contributed by atoms with Gasteiger partial charge in [-0.2, -0.15) is 0 Å². The average Bonchev–Trinajstić information content (AvgIpc) is 3.77. The van der Waals surface area contributed by atoms with Crippen LogP contribution in [0.15, 0.2) is 11.6 Å². The molecule has 262 valence electrons. The first-order valence-corrected chi connectivity index (χ1v) is 18.7. The monoisotopic (exact) mass is 638 g/mol. The first-order valence-electron chi connectivity index (χ1n) is 18.7. The fourth-order valence-corrected chi connectivity index (χ4v) is 7.26. The van der Waals surface area contributed by atoms with Crippen molar-refractivity contribution < 1.29 is 39.4 Å². The molecular weight excluding hydrogens is 572 g/mol. The zero-order valence-corrected chi connectivity index (χ0v) is 28.5. The van der Waals surface area contributed by atoms with Crippen molar-refractivity contribution in [2.75, 3.05) is 0 Å². The molecule has 0 unspecified atom stereocenters. The third kappa shape index (κ3) is 14.7. The van der Waals surface area contributed by atoms with E-state index in [1.165, 1.54) is 25.7 Å². The maximum Gasteiger partial charge on any atom is 0.334 e. The molecule has 2 saturated heterocycles. The molecule has 0 aromatic heterocycles. The molecule has 45 heavy (non-hydrogen) atoms. The van der Waals surface area contributed by atoms with Crippen molar-refractivity contribution in [3.05, 3.63) is 11.6 Å². The van der Waals surface area contributed by atoms with Gasteiger partial charge in [0.15, 0.2) is 0 Å². The number of esters is 1. The van der Waals surface area contributed by atoms with E-state index in [1.807, 2.05) is 19.9 Å². The van der Waals surface area contributed by atoms with Gasteiger partial charge in [0.25, 0.3) is 0 Å². The van der Waals surface area contributed by atoms with Gasteiger partial charge in [-0.25, -0.2) is 4.79 Å². The normalized spacial score (nSPS) is 27.8. The zero-order valence-electron chi connectivity index (χ0n) is 28.5. The van der Waals surface area contributed by atoms with Crippen molar-refractivity contribution in [3.63, 3.8) is 0 Å². The van der Waals surface area contributed by atoms with Crippen LogP contribution in [-0.4, -0.2) is 81.3 Å². The summed E-state index contributed by atoms with van der Waals surface area (Å²) in [6, 6.07) is 0. The first kappa shape index (κ1) is 38.4. The van der Waals surface area contributed by atoms with Gasteiger partial charge < -0.3 is 34.6 Å². The maximum absolute atomic E-state index is 11.7. The van der Waals surface area contributed by atoms with E-state index in [1.54, 1.807) is 0 Å². The number of aliphatic hydroxyl groups is 4. The molecule has 3 aliphatic rings. The topological polar surface area (TPSA) is 126 Å². The SMILES string of the molecule is CC[C@@H](O)CCCCCCC[C@H](O)[C@@H]1CC[C@@H]([C@@H]2CC[C@@H]([C@H](O)CCCCCCCCCC[C@H](O)CC3=C[C@@H](C)OC3=O)O2)O1. The Morgan fingerprint density at radius 3 is 1.49 bits per heavy atom. The van der Waals surface area contributed by atoms with E-state index in [0.717, 1.165) is 116 Å². The highest BCUT2D eigenvalue weighted by molar-refractivity contribution is 5.90. The number of hydrogen-bond donors (Lipinski definition) is 4. The Kier molecular flexibility index (Phi) is 18.6. The number of carbonyl (C=O) groups is 1. The highest BCUT2D eigenvalue weighted by atomic mass is 16.6. The van der Waals surface area contributed by atoms with Crippen LogP contribution < -0.4 is 0 Å². The predicted molar refractivity (Wildman–Crippen MR) is 177 cm³/mol. The van der Waals surface area contributed by atoms with Gasteiger partial charge in [0.05, 0.1) is 48.8 Å². The Morgan fingerprint density at radius 2 is 1.07 bits per heavy atom. The summed E-state index contributed by atoms with van der Waals surface area (Å²) >= 11 is 0. The third-order valence-corrected chi connectivity index (χ3v) is 10.2. The molecule has 8 heteroatoms. The highest BCUT2D eigenvalue weighted by Crippen LogP contribution is 2.34. The molecule has 0 amide bonds. The molecule has 9 atom stereocenters. The third-order valence-electron chi connectivity index (χ3n) is 10.2. The van der Waals surface area contributed by atoms with E-state index in [2.05, 4.69) is 0 Å². The smallest absolute Gasteiger partial charge is 0.334 e. The molecule has 3 aliphatic heterocycles. The van der Waals surface area contributed by atoms with Crippen LogP contribution >= 0.6 is 0 Å². The Bertz CT molecular complexity index is 833. The molecule has 0 aromatic rings. The van der Waals surface area contributed by atoms with Crippen molar-refractivity contribution in [1.29, 1.82) is 0 Å². The van der Waals surface area contributed by atoms with E-state index >= 15 is 0 Å². The Labute approximate surface area is 273 Å². The standard InChI is InChI=1S/C37H66O8/c1-3-29(38)17-13-10-8-12-16-20-32(41)34-22-24-36(45-34)35-23-21-33(44-35)31(40)19-15-11-7-5-4-6-9-14-18-30(39)26-28-25-27(2)43-37(28)42/h25,27,29-36,38-41H,3-24,26H2,1-2H3/t27-,29-,30+,31-,32+,33+,34+,35+,36+/m1/s1. The maximum atomic E-state index is 11.7. The average molecular weight is 639 g/mol. The van der Waals surface area contributed by atoms with Crippen LogP contribution in [0.25, 0.3) is 0 Å². The molecule has 8 nitrogen and oxygen atoms in total. The number of rotatable bonds is 25. The number of hydrogen-bond acceptors (Lipinski definition) is 8. The summed E-state index contributed by atoms with van der Waals surface area (Å²) in [7, 11) is 0. The lowest BCUT2D eigenvalue weighted by Crippen LogP contribution is -2.33. The second-order valence-electron chi connectivity index (χ2n) is 14.2. The van der Waals surface area contributed by atoms with Gasteiger partial charge in [0.2, 0.25) is 0 Å². The van der Waals surface area contributed by atoms with Gasteiger partial charge in [-0.3, -0.25) is 0 Å². The Hall–Kier alpha value is -1.03. The van der Waals surface area contributed by atoms with E-state index in [9.17, 15) is 25.2 Å². The number of aliphatic hydroxyl groups excluding tert-OH is 4. The van der Waals surface area contributed by atoms with Gasteiger partial charge in [0.1, 0.15) is 6.10 Å². The Morgan fingerprint density at radius 1 is 0.644 bits per heavy atom. The number of unbranched alkanes of at least 4 members (excludes halogenated alkanes) is 11. The predicted octanol–water partition coefficient (Wildman–Crippen LogP) is 6.83. The van der Waals surface area contributed by atoms with Crippen LogP contribution in [0.3, 0.4) is 0 Å². The molecule has 3 rings (SSSR count). The molecule has 4 N–H and O–H groups in total. The van der Waals surface area contributed by atoms with Gasteiger partial charge in [-0.05, 0) is 70.8 Å². The Balaban J connectivity index is 1.13. The van der Waals surface area contributed by atoms with Gasteiger partial charge >= 0.3 is 5.97 Å². The van der Waals surface area contributed by atoms with Crippen LogP contribution in [0.5, 0.6) is 0 Å². The lowest BCUT2D eigenvalue weighted by atomic mass is 10.00. The molecule has 0 aliphatic carbocycles. The quantitative estimate of drug-likeness (QED) is 0.0634. The molecule has 0 bridgehead atoms. The number of ether oxygens (including phenoxy) is 3. The summed E-state index contributed by atoms with van der Waals surface area (Å²) in [5.41, 5.74) is 0.612. The van der Waals surface area contributed by atoms with E-state index in [0.29, 0.717) is 12.0 Å². The van der Waals surface area contributed by atoms with E-state index in [-0.39, 0.29) is 42.6 Å². The minimum absolute atomic E-state index is 0.0291. The highest BCUT2D eigenvalue weighted by Gasteiger charge is 2.40. The number of carbonyl (C=O) groups excluding carboxylic acids is 1. The molecule has 0 saturated carbocycles. The fourth-order valence-electron chi connectivity index (χ4n) is 7.26. The van der Waals surface area contributed by atoms with E-state index in [4.69, 9.17) is 14.2 Å². The summed E-state index contributed by atoms with van der Waals surface area (Å²) in [5, 5.41) is 41.3. The zero-order chi connectivity index (χ0) is 32.4. The summed E-state index contributed by atoms with van der Waals surface area (Å²) < 4.78 is 17.6. The fraction of sp³-hybridized carbons (Fsp3) is 0.919. The van der Waals surface area contributed by atoms with Crippen molar-refractivity contribution in [3.8, 4) is 0 Å². The molecule has 0 aromatic carbocycles. The van der Waals surface area contributed by atoms with Crippen molar-refractivity contribution >= 4 is 5.97 Å². The minimum atomic E-state index is -0.469. The van der Waals surface area contributed by atoms with Crippen LogP contribution in [0, 0.1) is 0 Å². The summed E-state index contributed by atoms with van der Waals surface area (Å²) in [6.45, 7) is 3.86. The first-order chi connectivity index (χ1) is 21.8. The van der Waals surface area contributed by atoms with Crippen molar-refractivity contribution in [2.45, 2.75) is 216 Å². The van der Waals surface area contributed by atoms with Crippen LogP contribution in [-0.2, 0) is 19.0 Å². The lowest BCUT2D eigenvalue weighted by molar-refractivity contribution is -0.139. The molecule has 0 radical (unpaired) electrons. The molecular formula is C37H66O8. The number of cyclic esters (lactones) is 1. The van der Waals surface area contributed by atoms with Crippen LogP contribution in [0.1, 0.15) is 162 Å².